The standard InChI is InChI=1S/C11H20N2O/c14-11(10-7-4-8-12-10)13-9-5-2-1-3-6-9/h9-10,12H,1-8H2,(H,13,14)/t10-/m1/s1. The number of hydrogen-bond acceptors (Lipinski definition) is 2. The van der Waals surface area contributed by atoms with E-state index in [1.54, 1.807) is 0 Å². The topological polar surface area (TPSA) is 41.1 Å². The molecule has 1 aliphatic heterocycles. The highest BCUT2D eigenvalue weighted by Gasteiger charge is 2.24. The summed E-state index contributed by atoms with van der Waals surface area (Å²) in [4.78, 5) is 11.7. The molecule has 2 rings (SSSR count). The second-order valence-electron chi connectivity index (χ2n) is 4.49. The lowest BCUT2D eigenvalue weighted by Gasteiger charge is -2.24. The molecule has 80 valence electrons. The van der Waals surface area contributed by atoms with Crippen molar-refractivity contribution in [1.82, 2.24) is 10.6 Å². The minimum atomic E-state index is 0.0944. The van der Waals surface area contributed by atoms with Crippen molar-refractivity contribution in [3.05, 3.63) is 0 Å². The van der Waals surface area contributed by atoms with E-state index in [9.17, 15) is 4.79 Å². The Morgan fingerprint density at radius 1 is 1.07 bits per heavy atom. The van der Waals surface area contributed by atoms with Gasteiger partial charge in [-0.15, -0.1) is 0 Å². The summed E-state index contributed by atoms with van der Waals surface area (Å²) in [6.45, 7) is 1.00. The third kappa shape index (κ3) is 2.47. The number of amides is 1. The zero-order chi connectivity index (χ0) is 9.80. The van der Waals surface area contributed by atoms with Crippen LogP contribution in [0.25, 0.3) is 0 Å². The lowest BCUT2D eigenvalue weighted by Crippen LogP contribution is -2.45. The van der Waals surface area contributed by atoms with Crippen molar-refractivity contribution in [1.29, 1.82) is 0 Å². The van der Waals surface area contributed by atoms with Crippen LogP contribution in [-0.4, -0.2) is 24.5 Å². The van der Waals surface area contributed by atoms with Crippen molar-refractivity contribution in [3.63, 3.8) is 0 Å². The van der Waals surface area contributed by atoms with Crippen molar-refractivity contribution in [3.8, 4) is 0 Å². The van der Waals surface area contributed by atoms with Gasteiger partial charge in [0.2, 0.25) is 5.91 Å². The maximum absolute atomic E-state index is 11.7. The van der Waals surface area contributed by atoms with Crippen molar-refractivity contribution in [2.75, 3.05) is 6.54 Å². The van der Waals surface area contributed by atoms with Crippen LogP contribution < -0.4 is 10.6 Å². The molecule has 0 spiro atoms. The summed E-state index contributed by atoms with van der Waals surface area (Å²) < 4.78 is 0. The van der Waals surface area contributed by atoms with Gasteiger partial charge in [0, 0.05) is 6.04 Å². The molecular weight excluding hydrogens is 176 g/mol. The van der Waals surface area contributed by atoms with Gasteiger partial charge >= 0.3 is 0 Å². The Morgan fingerprint density at radius 3 is 2.50 bits per heavy atom. The molecule has 2 N–H and O–H groups in total. The van der Waals surface area contributed by atoms with Gasteiger partial charge in [0.25, 0.3) is 0 Å². The van der Waals surface area contributed by atoms with E-state index in [1.165, 1.54) is 32.1 Å². The predicted molar refractivity (Wildman–Crippen MR) is 56.0 cm³/mol. The summed E-state index contributed by atoms with van der Waals surface area (Å²) in [5.74, 6) is 0.231. The van der Waals surface area contributed by atoms with E-state index < -0.39 is 0 Å². The molecule has 3 heteroatoms. The van der Waals surface area contributed by atoms with E-state index in [2.05, 4.69) is 10.6 Å². The van der Waals surface area contributed by atoms with E-state index in [4.69, 9.17) is 0 Å². The average molecular weight is 196 g/mol. The molecular formula is C11H20N2O. The number of rotatable bonds is 2. The van der Waals surface area contributed by atoms with Crippen LogP contribution >= 0.6 is 0 Å². The summed E-state index contributed by atoms with van der Waals surface area (Å²) in [6, 6.07) is 0.551. The van der Waals surface area contributed by atoms with Gasteiger partial charge in [-0.05, 0) is 32.2 Å². The highest BCUT2D eigenvalue weighted by molar-refractivity contribution is 5.82. The first-order valence-electron chi connectivity index (χ1n) is 5.90. The molecule has 1 heterocycles. The van der Waals surface area contributed by atoms with E-state index in [0.29, 0.717) is 6.04 Å². The van der Waals surface area contributed by atoms with Gasteiger partial charge in [-0.1, -0.05) is 19.3 Å². The van der Waals surface area contributed by atoms with Gasteiger partial charge in [0.05, 0.1) is 6.04 Å². The summed E-state index contributed by atoms with van der Waals surface area (Å²) >= 11 is 0. The van der Waals surface area contributed by atoms with Crippen LogP contribution in [0.1, 0.15) is 44.9 Å². The van der Waals surface area contributed by atoms with Crippen LogP contribution in [0.5, 0.6) is 0 Å². The average Bonchev–Trinajstić information content (AvgIpc) is 2.72. The normalized spacial score (nSPS) is 29.0. The van der Waals surface area contributed by atoms with Crippen LogP contribution in [0.2, 0.25) is 0 Å². The Bertz CT molecular complexity index is 193. The maximum atomic E-state index is 11.7. The predicted octanol–water partition coefficient (Wildman–Crippen LogP) is 1.19. The number of carbonyl (C=O) groups is 1. The lowest BCUT2D eigenvalue weighted by molar-refractivity contribution is -0.123. The van der Waals surface area contributed by atoms with E-state index in [-0.39, 0.29) is 11.9 Å². The maximum Gasteiger partial charge on any atom is 0.237 e. The minimum Gasteiger partial charge on any atom is -0.352 e. The fourth-order valence-electron chi connectivity index (χ4n) is 2.46. The van der Waals surface area contributed by atoms with Gasteiger partial charge in [-0.2, -0.15) is 0 Å². The molecule has 0 aromatic rings. The van der Waals surface area contributed by atoms with E-state index >= 15 is 0 Å². The summed E-state index contributed by atoms with van der Waals surface area (Å²) in [5.41, 5.74) is 0. The third-order valence-corrected chi connectivity index (χ3v) is 3.33. The number of nitrogens with one attached hydrogen (secondary N) is 2. The first-order valence-corrected chi connectivity index (χ1v) is 5.90. The van der Waals surface area contributed by atoms with Gasteiger partial charge in [-0.25, -0.2) is 0 Å². The molecule has 2 aliphatic rings. The van der Waals surface area contributed by atoms with Crippen LogP contribution in [0.15, 0.2) is 0 Å². The van der Waals surface area contributed by atoms with Crippen molar-refractivity contribution >= 4 is 5.91 Å². The summed E-state index contributed by atoms with van der Waals surface area (Å²) in [5, 5.41) is 6.39. The Hall–Kier alpha value is -0.570. The van der Waals surface area contributed by atoms with E-state index in [0.717, 1.165) is 19.4 Å². The molecule has 1 amide bonds. The molecule has 1 aliphatic carbocycles. The van der Waals surface area contributed by atoms with Crippen molar-refractivity contribution in [2.45, 2.75) is 57.0 Å². The van der Waals surface area contributed by atoms with Gasteiger partial charge in [0.1, 0.15) is 0 Å². The van der Waals surface area contributed by atoms with Crippen molar-refractivity contribution in [2.24, 2.45) is 0 Å². The molecule has 2 fully saturated rings. The smallest absolute Gasteiger partial charge is 0.237 e. The molecule has 3 nitrogen and oxygen atoms in total. The first-order chi connectivity index (χ1) is 6.86. The Kier molecular flexibility index (Phi) is 3.40. The van der Waals surface area contributed by atoms with Gasteiger partial charge in [-0.3, -0.25) is 4.79 Å². The van der Waals surface area contributed by atoms with Crippen LogP contribution in [-0.2, 0) is 4.79 Å². The van der Waals surface area contributed by atoms with Crippen LogP contribution in [0, 0.1) is 0 Å². The summed E-state index contributed by atoms with van der Waals surface area (Å²) in [6.07, 6.45) is 8.42. The van der Waals surface area contributed by atoms with Gasteiger partial charge in [0.15, 0.2) is 0 Å². The van der Waals surface area contributed by atoms with Gasteiger partial charge < -0.3 is 10.6 Å². The van der Waals surface area contributed by atoms with Crippen molar-refractivity contribution < 1.29 is 4.79 Å². The molecule has 0 unspecified atom stereocenters. The van der Waals surface area contributed by atoms with Crippen LogP contribution in [0.3, 0.4) is 0 Å². The Morgan fingerprint density at radius 2 is 1.86 bits per heavy atom. The SMILES string of the molecule is O=C(NC1CCCCC1)[C@H]1CCCN1. The highest BCUT2D eigenvalue weighted by atomic mass is 16.2. The fourth-order valence-corrected chi connectivity index (χ4v) is 2.46. The minimum absolute atomic E-state index is 0.0944. The van der Waals surface area contributed by atoms with Crippen LogP contribution in [0.4, 0.5) is 0 Å². The zero-order valence-corrected chi connectivity index (χ0v) is 8.72. The molecule has 1 atom stereocenters. The largest absolute Gasteiger partial charge is 0.352 e. The van der Waals surface area contributed by atoms with E-state index in [1.807, 2.05) is 0 Å². The molecule has 1 saturated carbocycles. The highest BCUT2D eigenvalue weighted by Crippen LogP contribution is 2.17. The molecule has 0 radical (unpaired) electrons. The number of carbonyl (C=O) groups excluding carboxylic acids is 1. The first kappa shape index (κ1) is 9.97. The monoisotopic (exact) mass is 196 g/mol. The summed E-state index contributed by atoms with van der Waals surface area (Å²) in [7, 11) is 0. The second-order valence-corrected chi connectivity index (χ2v) is 4.49. The molecule has 0 aromatic carbocycles. The Balaban J connectivity index is 1.75. The number of hydrogen-bond donors (Lipinski definition) is 2. The molecule has 1 saturated heterocycles. The Labute approximate surface area is 85.6 Å². The fraction of sp³-hybridized carbons (Fsp3) is 0.909. The quantitative estimate of drug-likeness (QED) is 0.696. The third-order valence-electron chi connectivity index (χ3n) is 3.33. The molecule has 14 heavy (non-hydrogen) atoms. The zero-order valence-electron chi connectivity index (χ0n) is 8.72. The second kappa shape index (κ2) is 4.78. The molecule has 0 aromatic heterocycles. The lowest BCUT2D eigenvalue weighted by atomic mass is 9.95. The molecule has 0 bridgehead atoms.